The van der Waals surface area contributed by atoms with Crippen molar-refractivity contribution in [1.29, 1.82) is 0 Å². The van der Waals surface area contributed by atoms with Crippen LogP contribution in [0.5, 0.6) is 0 Å². The van der Waals surface area contributed by atoms with Gasteiger partial charge in [-0.05, 0) is 12.0 Å². The minimum Gasteiger partial charge on any atom is -0.396 e. The molecule has 4 heteroatoms. The Balaban J connectivity index is 2.81. The topological polar surface area (TPSA) is 39.1 Å². The maximum absolute atomic E-state index is 9.74. The molecule has 0 aliphatic rings. The standard InChI is InChI=1S/C16H27N3O/c1-16(13-20,11-14-9-7-6-8-10-14)12-17-15(18(2)3)19(4)5/h6-10,20H,11-13H2,1-5H3. The zero-order valence-corrected chi connectivity index (χ0v) is 13.3. The normalized spacial score (nSPS) is 13.5. The quantitative estimate of drug-likeness (QED) is 0.658. The maximum Gasteiger partial charge on any atom is 0.195 e. The molecule has 0 heterocycles. The summed E-state index contributed by atoms with van der Waals surface area (Å²) in [6, 6.07) is 10.3. The summed E-state index contributed by atoms with van der Waals surface area (Å²) in [7, 11) is 7.91. The molecule has 0 aromatic heterocycles. The van der Waals surface area contributed by atoms with Crippen LogP contribution in [0, 0.1) is 5.41 Å². The summed E-state index contributed by atoms with van der Waals surface area (Å²) in [6.07, 6.45) is 0.821. The molecule has 0 aliphatic heterocycles. The molecule has 1 aromatic rings. The summed E-state index contributed by atoms with van der Waals surface area (Å²) in [5.41, 5.74) is 0.994. The highest BCUT2D eigenvalue weighted by Gasteiger charge is 2.24. The average Bonchev–Trinajstić information content (AvgIpc) is 2.39. The van der Waals surface area contributed by atoms with E-state index < -0.39 is 0 Å². The van der Waals surface area contributed by atoms with E-state index in [1.807, 2.05) is 56.2 Å². The van der Waals surface area contributed by atoms with Crippen LogP contribution in [0.15, 0.2) is 35.3 Å². The Hall–Kier alpha value is -1.55. The monoisotopic (exact) mass is 277 g/mol. The Bertz CT molecular complexity index is 419. The van der Waals surface area contributed by atoms with Gasteiger partial charge in [-0.3, -0.25) is 4.99 Å². The smallest absolute Gasteiger partial charge is 0.195 e. The van der Waals surface area contributed by atoms with E-state index in [-0.39, 0.29) is 12.0 Å². The first-order valence-electron chi connectivity index (χ1n) is 6.92. The first-order chi connectivity index (χ1) is 9.38. The van der Waals surface area contributed by atoms with Gasteiger partial charge >= 0.3 is 0 Å². The average molecular weight is 277 g/mol. The molecular weight excluding hydrogens is 250 g/mol. The molecule has 0 aliphatic carbocycles. The SMILES string of the molecule is CN(C)C(=NCC(C)(CO)Cc1ccccc1)N(C)C. The third-order valence-electron chi connectivity index (χ3n) is 3.26. The van der Waals surface area contributed by atoms with Crippen LogP contribution in [0.4, 0.5) is 0 Å². The summed E-state index contributed by atoms with van der Waals surface area (Å²) >= 11 is 0. The molecule has 0 bridgehead atoms. The Morgan fingerprint density at radius 3 is 2.10 bits per heavy atom. The van der Waals surface area contributed by atoms with E-state index in [0.717, 1.165) is 12.4 Å². The molecule has 0 radical (unpaired) electrons. The van der Waals surface area contributed by atoms with Crippen molar-refractivity contribution in [3.8, 4) is 0 Å². The van der Waals surface area contributed by atoms with Crippen molar-refractivity contribution >= 4 is 5.96 Å². The number of aliphatic hydroxyl groups is 1. The molecule has 0 saturated carbocycles. The van der Waals surface area contributed by atoms with Gasteiger partial charge in [0.25, 0.3) is 0 Å². The van der Waals surface area contributed by atoms with Crippen molar-refractivity contribution in [2.75, 3.05) is 41.3 Å². The molecule has 20 heavy (non-hydrogen) atoms. The van der Waals surface area contributed by atoms with E-state index in [9.17, 15) is 5.11 Å². The number of aliphatic imine (C=N–C) groups is 1. The van der Waals surface area contributed by atoms with Crippen molar-refractivity contribution < 1.29 is 5.11 Å². The van der Waals surface area contributed by atoms with E-state index >= 15 is 0 Å². The molecule has 0 fully saturated rings. The highest BCUT2D eigenvalue weighted by Crippen LogP contribution is 2.22. The molecule has 1 aromatic carbocycles. The van der Waals surface area contributed by atoms with Crippen LogP contribution in [0.1, 0.15) is 12.5 Å². The Morgan fingerprint density at radius 2 is 1.65 bits per heavy atom. The maximum atomic E-state index is 9.74. The molecule has 1 N–H and O–H groups in total. The van der Waals surface area contributed by atoms with Crippen molar-refractivity contribution in [2.24, 2.45) is 10.4 Å². The predicted molar refractivity (Wildman–Crippen MR) is 85.0 cm³/mol. The van der Waals surface area contributed by atoms with Crippen LogP contribution in [0.25, 0.3) is 0 Å². The van der Waals surface area contributed by atoms with Crippen LogP contribution in [-0.4, -0.2) is 62.2 Å². The minimum atomic E-state index is -0.237. The Kier molecular flexibility index (Phi) is 6.02. The lowest BCUT2D eigenvalue weighted by Gasteiger charge is -2.28. The van der Waals surface area contributed by atoms with Gasteiger partial charge in [0.2, 0.25) is 0 Å². The fourth-order valence-electron chi connectivity index (χ4n) is 2.19. The third-order valence-corrected chi connectivity index (χ3v) is 3.26. The number of benzene rings is 1. The molecule has 1 unspecified atom stereocenters. The summed E-state index contributed by atoms with van der Waals surface area (Å²) in [5, 5.41) is 9.74. The highest BCUT2D eigenvalue weighted by molar-refractivity contribution is 5.79. The first-order valence-corrected chi connectivity index (χ1v) is 6.92. The number of nitrogens with zero attached hydrogens (tertiary/aromatic N) is 3. The predicted octanol–water partition coefficient (Wildman–Crippen LogP) is 1.71. The lowest BCUT2D eigenvalue weighted by molar-refractivity contribution is 0.149. The zero-order valence-electron chi connectivity index (χ0n) is 13.3. The molecule has 0 saturated heterocycles. The molecule has 0 amide bonds. The molecule has 112 valence electrons. The summed E-state index contributed by atoms with van der Waals surface area (Å²) < 4.78 is 0. The first kappa shape index (κ1) is 16.5. The van der Waals surface area contributed by atoms with Gasteiger partial charge in [0.15, 0.2) is 5.96 Å². The molecule has 1 atom stereocenters. The van der Waals surface area contributed by atoms with Gasteiger partial charge in [0, 0.05) is 33.6 Å². The number of rotatable bonds is 5. The van der Waals surface area contributed by atoms with Gasteiger partial charge in [-0.15, -0.1) is 0 Å². The van der Waals surface area contributed by atoms with Gasteiger partial charge in [-0.1, -0.05) is 37.3 Å². The van der Waals surface area contributed by atoms with Crippen molar-refractivity contribution in [2.45, 2.75) is 13.3 Å². The minimum absolute atomic E-state index is 0.125. The zero-order chi connectivity index (χ0) is 15.2. The molecular formula is C16H27N3O. The molecule has 1 rings (SSSR count). The third kappa shape index (κ3) is 4.85. The van der Waals surface area contributed by atoms with Gasteiger partial charge in [-0.25, -0.2) is 0 Å². The number of aliphatic hydroxyl groups excluding tert-OH is 1. The second-order valence-corrected chi connectivity index (χ2v) is 6.04. The van der Waals surface area contributed by atoms with Crippen LogP contribution in [0.2, 0.25) is 0 Å². The summed E-state index contributed by atoms with van der Waals surface area (Å²) in [5.74, 6) is 0.915. The van der Waals surface area contributed by atoms with Gasteiger partial charge in [0.05, 0.1) is 13.2 Å². The second kappa shape index (κ2) is 7.29. The van der Waals surface area contributed by atoms with Crippen molar-refractivity contribution in [1.82, 2.24) is 9.80 Å². The van der Waals surface area contributed by atoms with Crippen molar-refractivity contribution in [3.63, 3.8) is 0 Å². The summed E-state index contributed by atoms with van der Waals surface area (Å²) in [6.45, 7) is 2.80. The fraction of sp³-hybridized carbons (Fsp3) is 0.562. The number of hydrogen-bond donors (Lipinski definition) is 1. The Morgan fingerprint density at radius 1 is 1.10 bits per heavy atom. The van der Waals surface area contributed by atoms with E-state index in [4.69, 9.17) is 0 Å². The largest absolute Gasteiger partial charge is 0.396 e. The van der Waals surface area contributed by atoms with Gasteiger partial charge in [0.1, 0.15) is 0 Å². The molecule has 4 nitrogen and oxygen atoms in total. The lowest BCUT2D eigenvalue weighted by atomic mass is 9.84. The Labute approximate surface area is 122 Å². The van der Waals surface area contributed by atoms with E-state index in [1.165, 1.54) is 5.56 Å². The second-order valence-electron chi connectivity index (χ2n) is 6.04. The highest BCUT2D eigenvalue weighted by atomic mass is 16.3. The van der Waals surface area contributed by atoms with E-state index in [2.05, 4.69) is 24.0 Å². The van der Waals surface area contributed by atoms with E-state index in [1.54, 1.807) is 0 Å². The van der Waals surface area contributed by atoms with Crippen LogP contribution >= 0.6 is 0 Å². The lowest BCUT2D eigenvalue weighted by Crippen LogP contribution is -2.37. The van der Waals surface area contributed by atoms with E-state index in [0.29, 0.717) is 6.54 Å². The molecule has 0 spiro atoms. The fourth-order valence-corrected chi connectivity index (χ4v) is 2.19. The van der Waals surface area contributed by atoms with Crippen LogP contribution in [0.3, 0.4) is 0 Å². The number of hydrogen-bond acceptors (Lipinski definition) is 2. The van der Waals surface area contributed by atoms with Crippen molar-refractivity contribution in [3.05, 3.63) is 35.9 Å². The number of guanidine groups is 1. The van der Waals surface area contributed by atoms with Crippen LogP contribution in [-0.2, 0) is 6.42 Å². The van der Waals surface area contributed by atoms with Gasteiger partial charge in [-0.2, -0.15) is 0 Å². The van der Waals surface area contributed by atoms with Gasteiger partial charge < -0.3 is 14.9 Å². The summed E-state index contributed by atoms with van der Waals surface area (Å²) in [4.78, 5) is 8.64. The van der Waals surface area contributed by atoms with Crippen LogP contribution < -0.4 is 0 Å².